The summed E-state index contributed by atoms with van der Waals surface area (Å²) >= 11 is 0. The zero-order valence-electron chi connectivity index (χ0n) is 18.3. The maximum Gasteiger partial charge on any atom is 0.201 e. The quantitative estimate of drug-likeness (QED) is 0.260. The summed E-state index contributed by atoms with van der Waals surface area (Å²) in [5.74, 6) is -1.22. The molecular formula is C30H21NO3. The zero-order valence-corrected chi connectivity index (χ0v) is 18.3. The fraction of sp³-hybridized carbons (Fsp3) is 0. The molecule has 0 bridgehead atoms. The third-order valence-electron chi connectivity index (χ3n) is 5.74. The minimum Gasteiger partial charge on any atom is -0.506 e. The minimum atomic E-state index is -0.516. The highest BCUT2D eigenvalue weighted by molar-refractivity contribution is 6.36. The molecule has 34 heavy (non-hydrogen) atoms. The number of nitrogens with zero attached hydrogens (tertiary/aromatic N) is 1. The number of carbonyl (C=O) groups excluding carboxylic acids is 2. The molecule has 1 N–H and O–H groups in total. The molecule has 0 radical (unpaired) electrons. The molecule has 0 aliphatic heterocycles. The van der Waals surface area contributed by atoms with Crippen LogP contribution in [0, 0.1) is 0 Å². The molecule has 0 amide bonds. The van der Waals surface area contributed by atoms with Gasteiger partial charge in [-0.1, -0.05) is 78.9 Å². The van der Waals surface area contributed by atoms with Crippen LogP contribution in [-0.4, -0.2) is 16.7 Å². The van der Waals surface area contributed by atoms with E-state index in [2.05, 4.69) is 29.2 Å². The van der Waals surface area contributed by atoms with Crippen molar-refractivity contribution in [2.75, 3.05) is 4.90 Å². The molecule has 0 saturated heterocycles. The Labute approximate surface area is 197 Å². The molecule has 0 aromatic heterocycles. The molecule has 0 unspecified atom stereocenters. The van der Waals surface area contributed by atoms with E-state index in [4.69, 9.17) is 0 Å². The lowest BCUT2D eigenvalue weighted by Gasteiger charge is -2.25. The van der Waals surface area contributed by atoms with Crippen molar-refractivity contribution in [2.45, 2.75) is 0 Å². The fourth-order valence-electron chi connectivity index (χ4n) is 4.08. The van der Waals surface area contributed by atoms with E-state index < -0.39 is 11.6 Å². The SMILES string of the molecule is O=C(/C=C/c1ccc(N(c2ccccc2)c2ccccc2)cc1)C1=C(O)c2ccccc2C1=O. The van der Waals surface area contributed by atoms with Crippen molar-refractivity contribution < 1.29 is 14.7 Å². The lowest BCUT2D eigenvalue weighted by Crippen LogP contribution is -2.09. The van der Waals surface area contributed by atoms with Gasteiger partial charge in [0.15, 0.2) is 5.78 Å². The van der Waals surface area contributed by atoms with E-state index in [-0.39, 0.29) is 11.3 Å². The van der Waals surface area contributed by atoms with Crippen molar-refractivity contribution >= 4 is 40.5 Å². The molecule has 4 nitrogen and oxygen atoms in total. The maximum atomic E-state index is 12.7. The van der Waals surface area contributed by atoms with Crippen LogP contribution in [0.2, 0.25) is 0 Å². The van der Waals surface area contributed by atoms with Crippen molar-refractivity contribution in [3.05, 3.63) is 138 Å². The monoisotopic (exact) mass is 443 g/mol. The second-order valence-electron chi connectivity index (χ2n) is 7.89. The van der Waals surface area contributed by atoms with Crippen LogP contribution in [-0.2, 0) is 4.79 Å². The Morgan fingerprint density at radius 3 is 1.71 bits per heavy atom. The van der Waals surface area contributed by atoms with Gasteiger partial charge in [0.25, 0.3) is 0 Å². The first-order valence-corrected chi connectivity index (χ1v) is 10.9. The number of para-hydroxylation sites is 2. The van der Waals surface area contributed by atoms with Crippen molar-refractivity contribution in [3.8, 4) is 0 Å². The summed E-state index contributed by atoms with van der Waals surface area (Å²) in [7, 11) is 0. The number of aliphatic hydroxyl groups excluding tert-OH is 1. The first-order valence-electron chi connectivity index (χ1n) is 10.9. The van der Waals surface area contributed by atoms with Crippen LogP contribution < -0.4 is 4.90 Å². The van der Waals surface area contributed by atoms with Crippen LogP contribution in [0.3, 0.4) is 0 Å². The molecule has 164 valence electrons. The molecule has 4 aromatic carbocycles. The van der Waals surface area contributed by atoms with Crippen LogP contribution in [0.15, 0.2) is 121 Å². The van der Waals surface area contributed by atoms with E-state index in [0.29, 0.717) is 11.1 Å². The zero-order chi connectivity index (χ0) is 23.5. The van der Waals surface area contributed by atoms with E-state index >= 15 is 0 Å². The molecule has 4 heteroatoms. The fourth-order valence-corrected chi connectivity index (χ4v) is 4.08. The predicted molar refractivity (Wildman–Crippen MR) is 135 cm³/mol. The summed E-state index contributed by atoms with van der Waals surface area (Å²) in [6.45, 7) is 0. The minimum absolute atomic E-state index is 0.187. The maximum absolute atomic E-state index is 12.7. The second-order valence-corrected chi connectivity index (χ2v) is 7.89. The van der Waals surface area contributed by atoms with Gasteiger partial charge in [0, 0.05) is 28.2 Å². The van der Waals surface area contributed by atoms with Crippen LogP contribution in [0.4, 0.5) is 17.1 Å². The molecule has 5 rings (SSSR count). The average molecular weight is 444 g/mol. The number of ketones is 2. The molecule has 4 aromatic rings. The molecule has 0 saturated carbocycles. The third kappa shape index (κ3) is 3.93. The summed E-state index contributed by atoms with van der Waals surface area (Å²) in [5.41, 5.74) is 4.42. The molecule has 0 atom stereocenters. The van der Waals surface area contributed by atoms with E-state index in [9.17, 15) is 14.7 Å². The Hall–Kier alpha value is -4.70. The molecule has 0 spiro atoms. The lowest BCUT2D eigenvalue weighted by atomic mass is 10.0. The van der Waals surface area contributed by atoms with E-state index in [1.165, 1.54) is 6.08 Å². The largest absolute Gasteiger partial charge is 0.506 e. The number of hydrogen-bond acceptors (Lipinski definition) is 4. The summed E-state index contributed by atoms with van der Waals surface area (Å²) in [6, 6.07) is 34.7. The van der Waals surface area contributed by atoms with E-state index in [1.54, 1.807) is 30.3 Å². The van der Waals surface area contributed by atoms with Crippen molar-refractivity contribution in [2.24, 2.45) is 0 Å². The molecule has 0 fully saturated rings. The van der Waals surface area contributed by atoms with Gasteiger partial charge in [0.1, 0.15) is 11.3 Å². The van der Waals surface area contributed by atoms with Crippen LogP contribution in [0.25, 0.3) is 11.8 Å². The summed E-state index contributed by atoms with van der Waals surface area (Å²) < 4.78 is 0. The number of allylic oxidation sites excluding steroid dienone is 2. The van der Waals surface area contributed by atoms with Gasteiger partial charge in [-0.05, 0) is 48.0 Å². The number of fused-ring (bicyclic) bond motifs is 1. The van der Waals surface area contributed by atoms with Gasteiger partial charge in [-0.25, -0.2) is 0 Å². The van der Waals surface area contributed by atoms with Crippen LogP contribution >= 0.6 is 0 Å². The summed E-state index contributed by atoms with van der Waals surface area (Å²) in [6.07, 6.45) is 2.98. The van der Waals surface area contributed by atoms with Crippen LogP contribution in [0.1, 0.15) is 21.5 Å². The highest BCUT2D eigenvalue weighted by Crippen LogP contribution is 2.34. The second kappa shape index (κ2) is 9.04. The Balaban J connectivity index is 1.40. The van der Waals surface area contributed by atoms with Crippen molar-refractivity contribution in [1.29, 1.82) is 0 Å². The Morgan fingerprint density at radius 2 is 1.15 bits per heavy atom. The number of hydrogen-bond donors (Lipinski definition) is 1. The van der Waals surface area contributed by atoms with Crippen molar-refractivity contribution in [3.63, 3.8) is 0 Å². The average Bonchev–Trinajstić information content (AvgIpc) is 3.15. The summed E-state index contributed by atoms with van der Waals surface area (Å²) in [4.78, 5) is 27.4. The first kappa shape index (κ1) is 21.2. The molecule has 1 aliphatic carbocycles. The molecular weight excluding hydrogens is 422 g/mol. The number of anilines is 3. The number of Topliss-reactive ketones (excluding diaryl/α,β-unsaturated/α-hetero) is 1. The highest BCUT2D eigenvalue weighted by atomic mass is 16.3. The predicted octanol–water partition coefficient (Wildman–Crippen LogP) is 6.90. The normalized spacial score (nSPS) is 12.8. The van der Waals surface area contributed by atoms with Gasteiger partial charge >= 0.3 is 0 Å². The first-order chi connectivity index (χ1) is 16.6. The van der Waals surface area contributed by atoms with Gasteiger partial charge in [-0.3, -0.25) is 9.59 Å². The van der Waals surface area contributed by atoms with Crippen molar-refractivity contribution in [1.82, 2.24) is 0 Å². The van der Waals surface area contributed by atoms with Gasteiger partial charge < -0.3 is 10.0 Å². The Bertz CT molecular complexity index is 1380. The molecule has 0 heterocycles. The van der Waals surface area contributed by atoms with Crippen LogP contribution in [0.5, 0.6) is 0 Å². The van der Waals surface area contributed by atoms with Gasteiger partial charge in [0.05, 0.1) is 0 Å². The lowest BCUT2D eigenvalue weighted by molar-refractivity contribution is -0.110. The van der Waals surface area contributed by atoms with E-state index in [1.807, 2.05) is 60.7 Å². The topological polar surface area (TPSA) is 57.6 Å². The van der Waals surface area contributed by atoms with Gasteiger partial charge in [-0.2, -0.15) is 0 Å². The number of rotatable bonds is 6. The Morgan fingerprint density at radius 1 is 0.647 bits per heavy atom. The third-order valence-corrected chi connectivity index (χ3v) is 5.74. The smallest absolute Gasteiger partial charge is 0.201 e. The highest BCUT2D eigenvalue weighted by Gasteiger charge is 2.32. The number of benzene rings is 4. The number of aliphatic hydroxyl groups is 1. The van der Waals surface area contributed by atoms with E-state index in [0.717, 1.165) is 22.6 Å². The number of carbonyl (C=O) groups is 2. The van der Waals surface area contributed by atoms with Gasteiger partial charge in [0.2, 0.25) is 5.78 Å². The summed E-state index contributed by atoms with van der Waals surface area (Å²) in [5, 5.41) is 10.4. The Kier molecular flexibility index (Phi) is 5.63. The molecule has 1 aliphatic rings. The standard InChI is InChI=1S/C30H21NO3/c32-27(28-29(33)25-13-7-8-14-26(25)30(28)34)20-17-21-15-18-24(19-16-21)31(22-9-3-1-4-10-22)23-11-5-2-6-12-23/h1-20,33H/b20-17+. The van der Waals surface area contributed by atoms with Gasteiger partial charge in [-0.15, -0.1) is 0 Å².